The van der Waals surface area contributed by atoms with Crippen LogP contribution >= 0.6 is 15.9 Å². The fourth-order valence-electron chi connectivity index (χ4n) is 2.91. The van der Waals surface area contributed by atoms with Gasteiger partial charge in [-0.2, -0.15) is 0 Å². The minimum atomic E-state index is 0.273. The normalized spacial score (nSPS) is 17.7. The quantitative estimate of drug-likeness (QED) is 0.757. The van der Waals surface area contributed by atoms with E-state index in [0.717, 1.165) is 53.2 Å². The molecule has 6 heteroatoms. The van der Waals surface area contributed by atoms with E-state index in [9.17, 15) is 0 Å². The highest BCUT2D eigenvalue weighted by molar-refractivity contribution is 9.10. The zero-order valence-electron chi connectivity index (χ0n) is 12.6. The van der Waals surface area contributed by atoms with E-state index >= 15 is 0 Å². The topological polar surface area (TPSA) is 51.5 Å². The molecule has 23 heavy (non-hydrogen) atoms. The van der Waals surface area contributed by atoms with Gasteiger partial charge in [0.15, 0.2) is 0 Å². The molecule has 0 radical (unpaired) electrons. The number of halogens is 1. The van der Waals surface area contributed by atoms with E-state index in [1.54, 1.807) is 6.20 Å². The van der Waals surface area contributed by atoms with Gasteiger partial charge in [-0.1, -0.05) is 0 Å². The first-order valence-electron chi connectivity index (χ1n) is 7.75. The maximum atomic E-state index is 5.72. The number of fused-ring (bicyclic) bond motifs is 1. The number of rotatable bonds is 4. The number of ether oxygens (including phenoxy) is 1. The monoisotopic (exact) mass is 372 g/mol. The van der Waals surface area contributed by atoms with Crippen molar-refractivity contribution in [3.63, 3.8) is 0 Å². The molecule has 0 aromatic carbocycles. The third kappa shape index (κ3) is 2.96. The Morgan fingerprint density at radius 3 is 3.09 bits per heavy atom. The summed E-state index contributed by atoms with van der Waals surface area (Å²) in [7, 11) is 0. The predicted octanol–water partition coefficient (Wildman–Crippen LogP) is 3.75. The molecule has 1 aliphatic rings. The molecule has 3 aromatic heterocycles. The molecule has 0 saturated carbocycles. The van der Waals surface area contributed by atoms with Crippen LogP contribution in [0.3, 0.4) is 0 Å². The van der Waals surface area contributed by atoms with Crippen LogP contribution in [0.25, 0.3) is 16.9 Å². The highest BCUT2D eigenvalue weighted by Gasteiger charge is 2.19. The maximum absolute atomic E-state index is 5.72. The van der Waals surface area contributed by atoms with Crippen LogP contribution in [-0.2, 0) is 4.74 Å². The van der Waals surface area contributed by atoms with E-state index in [1.165, 1.54) is 0 Å². The fraction of sp³-hybridized carbons (Fsp3) is 0.294. The molecule has 1 fully saturated rings. The summed E-state index contributed by atoms with van der Waals surface area (Å²) in [6, 6.07) is 7.96. The van der Waals surface area contributed by atoms with E-state index in [4.69, 9.17) is 9.72 Å². The molecule has 0 aliphatic carbocycles. The first-order valence-corrected chi connectivity index (χ1v) is 8.54. The second-order valence-corrected chi connectivity index (χ2v) is 6.56. The lowest BCUT2D eigenvalue weighted by atomic mass is 10.2. The van der Waals surface area contributed by atoms with E-state index < -0.39 is 0 Å². The molecular weight excluding hydrogens is 356 g/mol. The number of aromatic nitrogens is 3. The van der Waals surface area contributed by atoms with Gasteiger partial charge < -0.3 is 10.1 Å². The van der Waals surface area contributed by atoms with Crippen molar-refractivity contribution in [3.05, 3.63) is 47.3 Å². The van der Waals surface area contributed by atoms with Crippen LogP contribution in [0.5, 0.6) is 0 Å². The molecule has 0 spiro atoms. The van der Waals surface area contributed by atoms with E-state index in [2.05, 4.69) is 30.6 Å². The molecule has 5 nitrogen and oxygen atoms in total. The van der Waals surface area contributed by atoms with Gasteiger partial charge in [0.05, 0.1) is 6.10 Å². The number of imidazole rings is 1. The predicted molar refractivity (Wildman–Crippen MR) is 93.6 cm³/mol. The number of nitrogens with zero attached hydrogens (tertiary/aromatic N) is 3. The largest absolute Gasteiger partial charge is 0.376 e. The summed E-state index contributed by atoms with van der Waals surface area (Å²) < 4.78 is 8.80. The van der Waals surface area contributed by atoms with Gasteiger partial charge in [0, 0.05) is 41.8 Å². The number of pyridine rings is 2. The lowest BCUT2D eigenvalue weighted by molar-refractivity contribution is 0.120. The minimum absolute atomic E-state index is 0.273. The van der Waals surface area contributed by atoms with Gasteiger partial charge in [-0.15, -0.1) is 0 Å². The van der Waals surface area contributed by atoms with Crippen molar-refractivity contribution in [3.8, 4) is 11.3 Å². The maximum Gasteiger partial charge on any atom is 0.139 e. The van der Waals surface area contributed by atoms with Crippen LogP contribution < -0.4 is 5.32 Å². The molecule has 4 rings (SSSR count). The second kappa shape index (κ2) is 6.29. The van der Waals surface area contributed by atoms with Crippen LogP contribution in [0.4, 0.5) is 5.82 Å². The third-order valence-electron chi connectivity index (χ3n) is 4.04. The summed E-state index contributed by atoms with van der Waals surface area (Å²) in [4.78, 5) is 8.98. The van der Waals surface area contributed by atoms with E-state index in [1.807, 2.05) is 36.7 Å². The Morgan fingerprint density at radius 2 is 2.30 bits per heavy atom. The molecule has 0 unspecified atom stereocenters. The summed E-state index contributed by atoms with van der Waals surface area (Å²) in [6.07, 6.45) is 8.16. The number of hydrogen-bond donors (Lipinski definition) is 1. The van der Waals surface area contributed by atoms with Crippen LogP contribution in [0.1, 0.15) is 12.8 Å². The summed E-state index contributed by atoms with van der Waals surface area (Å²) >= 11 is 3.54. The molecular formula is C17H17BrN4O. The zero-order chi connectivity index (χ0) is 15.6. The molecule has 1 aliphatic heterocycles. The first-order chi connectivity index (χ1) is 11.3. The highest BCUT2D eigenvalue weighted by Crippen LogP contribution is 2.29. The van der Waals surface area contributed by atoms with Gasteiger partial charge in [0.25, 0.3) is 0 Å². The van der Waals surface area contributed by atoms with Crippen LogP contribution in [0, 0.1) is 0 Å². The van der Waals surface area contributed by atoms with Crippen molar-refractivity contribution in [2.45, 2.75) is 18.9 Å². The van der Waals surface area contributed by atoms with E-state index in [-0.39, 0.29) is 6.10 Å². The van der Waals surface area contributed by atoms with Crippen molar-refractivity contribution < 1.29 is 4.74 Å². The molecule has 1 saturated heterocycles. The van der Waals surface area contributed by atoms with Gasteiger partial charge in [-0.25, -0.2) is 4.98 Å². The number of hydrogen-bond acceptors (Lipinski definition) is 4. The molecule has 118 valence electrons. The standard InChI is InChI=1S/C17H17BrN4O/c18-13-5-6-15-21-16(12-3-1-7-19-9-12)17(22(15)11-13)20-10-14-4-2-8-23-14/h1,3,5-7,9,11,14,20H,2,4,8,10H2/t14-/m0/s1. The van der Waals surface area contributed by atoms with Crippen LogP contribution in [-0.4, -0.2) is 33.6 Å². The van der Waals surface area contributed by atoms with Crippen molar-refractivity contribution in [2.24, 2.45) is 0 Å². The van der Waals surface area contributed by atoms with Crippen LogP contribution in [0.2, 0.25) is 0 Å². The van der Waals surface area contributed by atoms with Crippen LogP contribution in [0.15, 0.2) is 47.3 Å². The first kappa shape index (κ1) is 14.7. The van der Waals surface area contributed by atoms with Crippen molar-refractivity contribution in [1.82, 2.24) is 14.4 Å². The number of nitrogens with one attached hydrogen (secondary N) is 1. The Labute approximate surface area is 142 Å². The second-order valence-electron chi connectivity index (χ2n) is 5.64. The SMILES string of the molecule is Brc1ccc2nc(-c3cccnc3)c(NC[C@@H]3CCCO3)n2c1. The van der Waals surface area contributed by atoms with Gasteiger partial charge in [0.1, 0.15) is 17.2 Å². The van der Waals surface area contributed by atoms with Gasteiger partial charge >= 0.3 is 0 Å². The lowest BCUT2D eigenvalue weighted by Gasteiger charge is -2.13. The van der Waals surface area contributed by atoms with Gasteiger partial charge in [-0.3, -0.25) is 9.38 Å². The smallest absolute Gasteiger partial charge is 0.139 e. The molecule has 1 atom stereocenters. The summed E-state index contributed by atoms with van der Waals surface area (Å²) in [6.45, 7) is 1.65. The van der Waals surface area contributed by atoms with Crippen molar-refractivity contribution >= 4 is 27.4 Å². The Kier molecular flexibility index (Phi) is 4.01. The molecule has 1 N–H and O–H groups in total. The molecule has 4 heterocycles. The highest BCUT2D eigenvalue weighted by atomic mass is 79.9. The number of anilines is 1. The molecule has 0 amide bonds. The van der Waals surface area contributed by atoms with E-state index in [0.29, 0.717) is 0 Å². The minimum Gasteiger partial charge on any atom is -0.376 e. The summed E-state index contributed by atoms with van der Waals surface area (Å²) in [5.74, 6) is 0.977. The summed E-state index contributed by atoms with van der Waals surface area (Å²) in [5.41, 5.74) is 2.82. The average Bonchev–Trinajstić information content (AvgIpc) is 3.21. The Balaban J connectivity index is 1.76. The van der Waals surface area contributed by atoms with Gasteiger partial charge in [0.2, 0.25) is 0 Å². The lowest BCUT2D eigenvalue weighted by Crippen LogP contribution is -2.19. The third-order valence-corrected chi connectivity index (χ3v) is 4.51. The fourth-order valence-corrected chi connectivity index (χ4v) is 3.24. The average molecular weight is 373 g/mol. The van der Waals surface area contributed by atoms with Crippen molar-refractivity contribution in [2.75, 3.05) is 18.5 Å². The summed E-state index contributed by atoms with van der Waals surface area (Å²) in [5, 5.41) is 3.53. The van der Waals surface area contributed by atoms with Gasteiger partial charge in [-0.05, 0) is 53.0 Å². The molecule has 3 aromatic rings. The Bertz CT molecular complexity index is 812. The Morgan fingerprint density at radius 1 is 1.35 bits per heavy atom. The Hall–Kier alpha value is -1.92. The zero-order valence-corrected chi connectivity index (χ0v) is 14.2. The molecule has 0 bridgehead atoms. The van der Waals surface area contributed by atoms with Crippen molar-refractivity contribution in [1.29, 1.82) is 0 Å².